The van der Waals surface area contributed by atoms with Crippen molar-refractivity contribution in [2.45, 2.75) is 6.42 Å². The SMILES string of the molecule is O=C(Cc1cccnc1)c1cncnc1. The summed E-state index contributed by atoms with van der Waals surface area (Å²) in [4.78, 5) is 23.3. The Hall–Kier alpha value is -2.10. The minimum absolute atomic E-state index is 0.00333. The Bertz CT molecular complexity index is 442. The van der Waals surface area contributed by atoms with Gasteiger partial charge in [0.2, 0.25) is 0 Å². The van der Waals surface area contributed by atoms with Crippen molar-refractivity contribution in [2.24, 2.45) is 0 Å². The highest BCUT2D eigenvalue weighted by atomic mass is 16.1. The molecule has 0 aromatic carbocycles. The molecule has 0 radical (unpaired) electrons. The fourth-order valence-electron chi connectivity index (χ4n) is 1.23. The zero-order chi connectivity index (χ0) is 10.5. The van der Waals surface area contributed by atoms with Crippen LogP contribution in [0.5, 0.6) is 0 Å². The van der Waals surface area contributed by atoms with Gasteiger partial charge in [-0.3, -0.25) is 9.78 Å². The lowest BCUT2D eigenvalue weighted by atomic mass is 10.1. The van der Waals surface area contributed by atoms with Crippen LogP contribution in [0.4, 0.5) is 0 Å². The second kappa shape index (κ2) is 4.41. The van der Waals surface area contributed by atoms with E-state index in [4.69, 9.17) is 0 Å². The van der Waals surface area contributed by atoms with E-state index in [1.807, 2.05) is 12.1 Å². The van der Waals surface area contributed by atoms with Gasteiger partial charge in [-0.2, -0.15) is 0 Å². The van der Waals surface area contributed by atoms with Crippen molar-refractivity contribution in [3.63, 3.8) is 0 Å². The van der Waals surface area contributed by atoms with Crippen LogP contribution < -0.4 is 0 Å². The summed E-state index contributed by atoms with van der Waals surface area (Å²) >= 11 is 0. The number of hydrogen-bond acceptors (Lipinski definition) is 4. The first kappa shape index (κ1) is 9.45. The van der Waals surface area contributed by atoms with Crippen LogP contribution >= 0.6 is 0 Å². The third kappa shape index (κ3) is 2.43. The highest BCUT2D eigenvalue weighted by Crippen LogP contribution is 2.03. The topological polar surface area (TPSA) is 55.7 Å². The van der Waals surface area contributed by atoms with E-state index in [0.717, 1.165) is 5.56 Å². The second-order valence-electron chi connectivity index (χ2n) is 3.09. The van der Waals surface area contributed by atoms with Crippen molar-refractivity contribution in [2.75, 3.05) is 0 Å². The number of hydrogen-bond donors (Lipinski definition) is 0. The normalized spacial score (nSPS) is 9.87. The highest BCUT2D eigenvalue weighted by molar-refractivity contribution is 5.96. The molecule has 0 amide bonds. The molecule has 4 heteroatoms. The van der Waals surface area contributed by atoms with E-state index in [1.54, 1.807) is 12.4 Å². The minimum atomic E-state index is 0.00333. The molecule has 0 spiro atoms. The Labute approximate surface area is 87.0 Å². The van der Waals surface area contributed by atoms with Gasteiger partial charge in [0.15, 0.2) is 5.78 Å². The third-order valence-corrected chi connectivity index (χ3v) is 1.97. The number of nitrogens with zero attached hydrogens (tertiary/aromatic N) is 3. The highest BCUT2D eigenvalue weighted by Gasteiger charge is 2.06. The average molecular weight is 199 g/mol. The van der Waals surface area contributed by atoms with Gasteiger partial charge >= 0.3 is 0 Å². The van der Waals surface area contributed by atoms with Crippen molar-refractivity contribution in [1.29, 1.82) is 0 Å². The Morgan fingerprint density at radius 2 is 1.93 bits per heavy atom. The zero-order valence-corrected chi connectivity index (χ0v) is 8.00. The molecule has 2 rings (SSSR count). The van der Waals surface area contributed by atoms with Gasteiger partial charge in [-0.15, -0.1) is 0 Å². The van der Waals surface area contributed by atoms with Crippen LogP contribution in [0.2, 0.25) is 0 Å². The summed E-state index contributed by atoms with van der Waals surface area (Å²) in [7, 11) is 0. The molecule has 2 aromatic heterocycles. The molecular weight excluding hydrogens is 190 g/mol. The first-order valence-corrected chi connectivity index (χ1v) is 4.53. The van der Waals surface area contributed by atoms with E-state index in [1.165, 1.54) is 18.7 Å². The summed E-state index contributed by atoms with van der Waals surface area (Å²) in [6, 6.07) is 3.68. The maximum atomic E-state index is 11.7. The smallest absolute Gasteiger partial charge is 0.170 e. The number of aromatic nitrogens is 3. The molecule has 74 valence electrons. The molecule has 2 heterocycles. The van der Waals surface area contributed by atoms with Gasteiger partial charge in [0.05, 0.1) is 5.56 Å². The van der Waals surface area contributed by atoms with Crippen LogP contribution in [0.25, 0.3) is 0 Å². The summed E-state index contributed by atoms with van der Waals surface area (Å²) in [5.74, 6) is 0.00333. The molecule has 0 saturated carbocycles. The Morgan fingerprint density at radius 3 is 2.60 bits per heavy atom. The molecule has 0 aliphatic carbocycles. The van der Waals surface area contributed by atoms with Crippen LogP contribution in [0, 0.1) is 0 Å². The average Bonchev–Trinajstić information content (AvgIpc) is 2.31. The van der Waals surface area contributed by atoms with Gasteiger partial charge in [0, 0.05) is 31.2 Å². The van der Waals surface area contributed by atoms with E-state index in [2.05, 4.69) is 15.0 Å². The Morgan fingerprint density at radius 1 is 1.13 bits per heavy atom. The molecule has 0 N–H and O–H groups in total. The molecule has 0 saturated heterocycles. The van der Waals surface area contributed by atoms with E-state index in [9.17, 15) is 4.79 Å². The Balaban J connectivity index is 2.12. The molecule has 0 aliphatic heterocycles. The predicted octanol–water partition coefficient (Wildman–Crippen LogP) is 1.30. The quantitative estimate of drug-likeness (QED) is 0.699. The van der Waals surface area contributed by atoms with Crippen molar-refractivity contribution in [1.82, 2.24) is 15.0 Å². The number of carbonyl (C=O) groups excluding carboxylic acids is 1. The molecule has 0 atom stereocenters. The van der Waals surface area contributed by atoms with Crippen LogP contribution in [0.3, 0.4) is 0 Å². The number of ketones is 1. The standard InChI is InChI=1S/C11H9N3O/c15-11(10-6-13-8-14-7-10)4-9-2-1-3-12-5-9/h1-3,5-8H,4H2. The fraction of sp³-hybridized carbons (Fsp3) is 0.0909. The maximum Gasteiger partial charge on any atom is 0.170 e. The van der Waals surface area contributed by atoms with Crippen molar-refractivity contribution >= 4 is 5.78 Å². The van der Waals surface area contributed by atoms with Gasteiger partial charge in [-0.1, -0.05) is 6.07 Å². The van der Waals surface area contributed by atoms with Crippen molar-refractivity contribution in [3.05, 3.63) is 54.4 Å². The van der Waals surface area contributed by atoms with E-state index >= 15 is 0 Å². The van der Waals surface area contributed by atoms with E-state index in [0.29, 0.717) is 12.0 Å². The summed E-state index contributed by atoms with van der Waals surface area (Å²) in [5, 5.41) is 0. The largest absolute Gasteiger partial charge is 0.294 e. The predicted molar refractivity (Wildman–Crippen MR) is 54.3 cm³/mol. The van der Waals surface area contributed by atoms with Crippen LogP contribution in [0.1, 0.15) is 15.9 Å². The van der Waals surface area contributed by atoms with Gasteiger partial charge < -0.3 is 0 Å². The number of carbonyl (C=O) groups is 1. The monoisotopic (exact) mass is 199 g/mol. The number of rotatable bonds is 3. The number of Topliss-reactive ketones (excluding diaryl/α,β-unsaturated/α-hetero) is 1. The first-order chi connectivity index (χ1) is 7.36. The molecule has 0 aliphatic rings. The molecular formula is C11H9N3O. The van der Waals surface area contributed by atoms with Crippen molar-refractivity contribution < 1.29 is 4.79 Å². The molecule has 0 unspecified atom stereocenters. The van der Waals surface area contributed by atoms with Gasteiger partial charge in [-0.05, 0) is 11.6 Å². The molecule has 4 nitrogen and oxygen atoms in total. The van der Waals surface area contributed by atoms with Gasteiger partial charge in [0.25, 0.3) is 0 Å². The second-order valence-corrected chi connectivity index (χ2v) is 3.09. The molecule has 0 fully saturated rings. The molecule has 0 bridgehead atoms. The van der Waals surface area contributed by atoms with Gasteiger partial charge in [0.1, 0.15) is 6.33 Å². The molecule has 15 heavy (non-hydrogen) atoms. The maximum absolute atomic E-state index is 11.7. The van der Waals surface area contributed by atoms with Crippen LogP contribution in [0.15, 0.2) is 43.2 Å². The van der Waals surface area contributed by atoms with E-state index in [-0.39, 0.29) is 5.78 Å². The molecule has 2 aromatic rings. The Kier molecular flexibility index (Phi) is 2.78. The summed E-state index contributed by atoms with van der Waals surface area (Å²) in [6.45, 7) is 0. The lowest BCUT2D eigenvalue weighted by Crippen LogP contribution is -2.04. The summed E-state index contributed by atoms with van der Waals surface area (Å²) in [6.07, 6.45) is 8.14. The first-order valence-electron chi connectivity index (χ1n) is 4.53. The van der Waals surface area contributed by atoms with Gasteiger partial charge in [-0.25, -0.2) is 9.97 Å². The lowest BCUT2D eigenvalue weighted by molar-refractivity contribution is 0.0992. The minimum Gasteiger partial charge on any atom is -0.294 e. The fourth-order valence-corrected chi connectivity index (χ4v) is 1.23. The number of pyridine rings is 1. The van der Waals surface area contributed by atoms with E-state index < -0.39 is 0 Å². The summed E-state index contributed by atoms with van der Waals surface area (Å²) < 4.78 is 0. The third-order valence-electron chi connectivity index (χ3n) is 1.97. The lowest BCUT2D eigenvalue weighted by Gasteiger charge is -1.99. The summed E-state index contributed by atoms with van der Waals surface area (Å²) in [5.41, 5.74) is 1.42. The van der Waals surface area contributed by atoms with Crippen LogP contribution in [-0.4, -0.2) is 20.7 Å². The zero-order valence-electron chi connectivity index (χ0n) is 8.00. The van der Waals surface area contributed by atoms with Crippen molar-refractivity contribution in [3.8, 4) is 0 Å². The van der Waals surface area contributed by atoms with Crippen LogP contribution in [-0.2, 0) is 6.42 Å².